The average Bonchev–Trinajstić information content (AvgIpc) is 2.83. The van der Waals surface area contributed by atoms with Gasteiger partial charge in [-0.15, -0.1) is 0 Å². The summed E-state index contributed by atoms with van der Waals surface area (Å²) in [5.74, 6) is -1.33. The summed E-state index contributed by atoms with van der Waals surface area (Å²) in [4.78, 5) is 41.6. The van der Waals surface area contributed by atoms with Crippen molar-refractivity contribution in [2.75, 3.05) is 11.4 Å². The molecule has 5 nitrogen and oxygen atoms in total. The molecule has 158 valence electrons. The first kappa shape index (κ1) is 22.0. The number of nitrogens with zero attached hydrogens (tertiary/aromatic N) is 1. The highest BCUT2D eigenvalue weighted by Gasteiger charge is 2.37. The monoisotopic (exact) mass is 414 g/mol. The number of carbonyl (C=O) groups excluding carboxylic acids is 3. The minimum Gasteiger partial charge on any atom is -0.354 e. The van der Waals surface area contributed by atoms with Gasteiger partial charge in [-0.05, 0) is 30.7 Å². The Kier molecular flexibility index (Phi) is 7.71. The second kappa shape index (κ2) is 10.9. The number of benzene rings is 3. The third kappa shape index (κ3) is 5.45. The lowest BCUT2D eigenvalue weighted by atomic mass is 10.00. The molecule has 0 saturated heterocycles. The fraction of sp³-hybridized carbons (Fsp3) is 0.192. The summed E-state index contributed by atoms with van der Waals surface area (Å²) in [6.45, 7) is 2.46. The maximum absolute atomic E-state index is 13.6. The van der Waals surface area contributed by atoms with Crippen LogP contribution in [-0.2, 0) is 4.79 Å². The summed E-state index contributed by atoms with van der Waals surface area (Å²) >= 11 is 0. The maximum atomic E-state index is 13.6. The van der Waals surface area contributed by atoms with Gasteiger partial charge in [-0.25, -0.2) is 0 Å². The first-order valence-corrected chi connectivity index (χ1v) is 10.4. The van der Waals surface area contributed by atoms with Crippen LogP contribution in [0.2, 0.25) is 0 Å². The van der Waals surface area contributed by atoms with Crippen molar-refractivity contribution in [3.8, 4) is 0 Å². The van der Waals surface area contributed by atoms with E-state index in [2.05, 4.69) is 5.32 Å². The number of hydrogen-bond acceptors (Lipinski definition) is 3. The highest BCUT2D eigenvalue weighted by molar-refractivity contribution is 6.22. The van der Waals surface area contributed by atoms with Gasteiger partial charge in [-0.3, -0.25) is 19.3 Å². The van der Waals surface area contributed by atoms with Crippen LogP contribution in [-0.4, -0.2) is 30.2 Å². The lowest BCUT2D eigenvalue weighted by Crippen LogP contribution is -2.54. The van der Waals surface area contributed by atoms with E-state index in [1.807, 2.05) is 19.1 Å². The second-order valence-corrected chi connectivity index (χ2v) is 7.15. The van der Waals surface area contributed by atoms with Crippen molar-refractivity contribution < 1.29 is 14.4 Å². The SMILES string of the molecule is CCCCNC(=O)C(C(=O)c1ccccc1)N(C(=O)c1ccccc1)c1ccccc1. The third-order valence-corrected chi connectivity index (χ3v) is 4.92. The molecule has 0 aliphatic carbocycles. The standard InChI is InChI=1S/C26H26N2O3/c1-2-3-19-27-25(30)23(24(29)20-13-7-4-8-14-20)28(22-17-11-6-12-18-22)26(31)21-15-9-5-10-16-21/h4-18,23H,2-3,19H2,1H3,(H,27,30). The molecule has 3 rings (SSSR count). The molecule has 0 bridgehead atoms. The largest absolute Gasteiger partial charge is 0.354 e. The van der Waals surface area contributed by atoms with Gasteiger partial charge in [0.2, 0.25) is 0 Å². The van der Waals surface area contributed by atoms with Crippen LogP contribution in [0.15, 0.2) is 91.0 Å². The zero-order valence-electron chi connectivity index (χ0n) is 17.5. The van der Waals surface area contributed by atoms with Crippen LogP contribution in [0.5, 0.6) is 0 Å². The van der Waals surface area contributed by atoms with Crippen LogP contribution in [0.4, 0.5) is 5.69 Å². The number of unbranched alkanes of at least 4 members (excludes halogenated alkanes) is 1. The molecule has 3 aromatic rings. The van der Waals surface area contributed by atoms with Gasteiger partial charge in [0.1, 0.15) is 0 Å². The molecular weight excluding hydrogens is 388 g/mol. The minimum absolute atomic E-state index is 0.375. The van der Waals surface area contributed by atoms with Crippen LogP contribution in [0.1, 0.15) is 40.5 Å². The summed E-state index contributed by atoms with van der Waals surface area (Å²) in [7, 11) is 0. The Labute approximate surface area is 182 Å². The van der Waals surface area contributed by atoms with Gasteiger partial charge in [0, 0.05) is 23.4 Å². The van der Waals surface area contributed by atoms with E-state index >= 15 is 0 Å². The average molecular weight is 415 g/mol. The summed E-state index contributed by atoms with van der Waals surface area (Å²) in [6, 6.07) is 24.8. The van der Waals surface area contributed by atoms with E-state index in [1.54, 1.807) is 78.9 Å². The molecule has 3 aromatic carbocycles. The van der Waals surface area contributed by atoms with Crippen molar-refractivity contribution >= 4 is 23.3 Å². The number of rotatable bonds is 9. The number of ketones is 1. The Morgan fingerprint density at radius 1 is 0.774 bits per heavy atom. The summed E-state index contributed by atoms with van der Waals surface area (Å²) in [5.41, 5.74) is 1.26. The predicted octanol–water partition coefficient (Wildman–Crippen LogP) is 4.50. The molecule has 0 aromatic heterocycles. The van der Waals surface area contributed by atoms with E-state index in [9.17, 15) is 14.4 Å². The quantitative estimate of drug-likeness (QED) is 0.318. The number of nitrogens with one attached hydrogen (secondary N) is 1. The molecule has 0 saturated carbocycles. The van der Waals surface area contributed by atoms with Crippen molar-refractivity contribution in [3.05, 3.63) is 102 Å². The maximum Gasteiger partial charge on any atom is 0.259 e. The first-order chi connectivity index (χ1) is 15.1. The number of amides is 2. The van der Waals surface area contributed by atoms with Gasteiger partial charge in [0.15, 0.2) is 11.8 Å². The number of hydrogen-bond donors (Lipinski definition) is 1. The van der Waals surface area contributed by atoms with Crippen molar-refractivity contribution in [1.29, 1.82) is 0 Å². The molecule has 0 radical (unpaired) electrons. The first-order valence-electron chi connectivity index (χ1n) is 10.4. The van der Waals surface area contributed by atoms with Gasteiger partial charge in [-0.2, -0.15) is 0 Å². The minimum atomic E-state index is -1.32. The van der Waals surface area contributed by atoms with Gasteiger partial charge in [-0.1, -0.05) is 80.1 Å². The lowest BCUT2D eigenvalue weighted by Gasteiger charge is -2.30. The molecule has 0 heterocycles. The van der Waals surface area contributed by atoms with Crippen LogP contribution >= 0.6 is 0 Å². The molecule has 5 heteroatoms. The zero-order valence-corrected chi connectivity index (χ0v) is 17.5. The fourth-order valence-corrected chi connectivity index (χ4v) is 3.29. The van der Waals surface area contributed by atoms with Crippen LogP contribution in [0.3, 0.4) is 0 Å². The number of anilines is 1. The Morgan fingerprint density at radius 2 is 1.29 bits per heavy atom. The smallest absolute Gasteiger partial charge is 0.259 e. The highest BCUT2D eigenvalue weighted by Crippen LogP contribution is 2.23. The zero-order chi connectivity index (χ0) is 22.1. The topological polar surface area (TPSA) is 66.5 Å². The van der Waals surface area contributed by atoms with Gasteiger partial charge in [0.05, 0.1) is 0 Å². The molecular formula is C26H26N2O3. The molecule has 0 aliphatic rings. The Balaban J connectivity index is 2.08. The molecule has 1 N–H and O–H groups in total. The van der Waals surface area contributed by atoms with Crippen LogP contribution < -0.4 is 10.2 Å². The second-order valence-electron chi connectivity index (χ2n) is 7.15. The summed E-state index contributed by atoms with van der Waals surface area (Å²) in [5, 5.41) is 2.84. The van der Waals surface area contributed by atoms with Crippen molar-refractivity contribution in [2.24, 2.45) is 0 Å². The summed E-state index contributed by atoms with van der Waals surface area (Å²) < 4.78 is 0. The molecule has 1 unspecified atom stereocenters. The Hall–Kier alpha value is -3.73. The third-order valence-electron chi connectivity index (χ3n) is 4.92. The van der Waals surface area contributed by atoms with Crippen molar-refractivity contribution in [1.82, 2.24) is 5.32 Å². The lowest BCUT2D eigenvalue weighted by molar-refractivity contribution is -0.121. The van der Waals surface area contributed by atoms with Crippen LogP contribution in [0, 0.1) is 0 Å². The Morgan fingerprint density at radius 3 is 1.84 bits per heavy atom. The van der Waals surface area contributed by atoms with Crippen molar-refractivity contribution in [2.45, 2.75) is 25.8 Å². The van der Waals surface area contributed by atoms with Gasteiger partial charge >= 0.3 is 0 Å². The van der Waals surface area contributed by atoms with Crippen molar-refractivity contribution in [3.63, 3.8) is 0 Å². The molecule has 2 amide bonds. The number of carbonyl (C=O) groups is 3. The summed E-state index contributed by atoms with van der Waals surface area (Å²) in [6.07, 6.45) is 1.69. The normalized spacial score (nSPS) is 11.4. The molecule has 0 fully saturated rings. The molecule has 1 atom stereocenters. The van der Waals surface area contributed by atoms with E-state index in [0.29, 0.717) is 23.4 Å². The van der Waals surface area contributed by atoms with Gasteiger partial charge < -0.3 is 5.32 Å². The fourth-order valence-electron chi connectivity index (χ4n) is 3.29. The number of para-hydroxylation sites is 1. The van der Waals surface area contributed by atoms with E-state index in [1.165, 1.54) is 4.90 Å². The number of Topliss-reactive ketones (excluding diaryl/α,β-unsaturated/α-hetero) is 1. The van der Waals surface area contributed by atoms with Crippen LogP contribution in [0.25, 0.3) is 0 Å². The van der Waals surface area contributed by atoms with E-state index in [4.69, 9.17) is 0 Å². The van der Waals surface area contributed by atoms with E-state index in [-0.39, 0.29) is 0 Å². The highest BCUT2D eigenvalue weighted by atomic mass is 16.2. The van der Waals surface area contributed by atoms with Gasteiger partial charge in [0.25, 0.3) is 11.8 Å². The van der Waals surface area contributed by atoms with E-state index < -0.39 is 23.6 Å². The molecule has 0 aliphatic heterocycles. The predicted molar refractivity (Wildman–Crippen MR) is 122 cm³/mol. The van der Waals surface area contributed by atoms with E-state index in [0.717, 1.165) is 12.8 Å². The molecule has 31 heavy (non-hydrogen) atoms. The molecule has 0 spiro atoms. The Bertz CT molecular complexity index is 1000.